The average Bonchev–Trinajstić information content (AvgIpc) is 3.29. The zero-order valence-corrected chi connectivity index (χ0v) is 16.5. The van der Waals surface area contributed by atoms with E-state index in [-0.39, 0.29) is 11.5 Å². The Kier molecular flexibility index (Phi) is 5.15. The Labute approximate surface area is 164 Å². The van der Waals surface area contributed by atoms with E-state index in [4.69, 9.17) is 0 Å². The molecule has 0 N–H and O–H groups in total. The molecule has 0 saturated carbocycles. The van der Waals surface area contributed by atoms with Crippen molar-refractivity contribution in [1.82, 2.24) is 24.2 Å². The molecule has 27 heavy (non-hydrogen) atoms. The zero-order valence-electron chi connectivity index (χ0n) is 14.9. The predicted molar refractivity (Wildman–Crippen MR) is 107 cm³/mol. The lowest BCUT2D eigenvalue weighted by molar-refractivity contribution is -0.127. The molecule has 4 heterocycles. The maximum Gasteiger partial charge on any atom is 0.258 e. The number of carbonyl (C=O) groups excluding carboxylic acids is 1. The first-order chi connectivity index (χ1) is 13.1. The molecule has 0 aromatic carbocycles. The number of piperazine rings is 1. The minimum absolute atomic E-state index is 0.0108. The van der Waals surface area contributed by atoms with E-state index in [1.807, 2.05) is 22.6 Å². The molecule has 1 aliphatic heterocycles. The van der Waals surface area contributed by atoms with Crippen LogP contribution in [0.5, 0.6) is 0 Å². The minimum atomic E-state index is -0.0486. The molecule has 7 nitrogen and oxygen atoms in total. The van der Waals surface area contributed by atoms with Crippen molar-refractivity contribution in [3.8, 4) is 0 Å². The number of thiazole rings is 2. The van der Waals surface area contributed by atoms with Crippen LogP contribution in [0.2, 0.25) is 0 Å². The summed E-state index contributed by atoms with van der Waals surface area (Å²) < 4.78 is 1.56. The first-order valence-electron chi connectivity index (χ1n) is 8.66. The molecule has 3 aromatic heterocycles. The van der Waals surface area contributed by atoms with Crippen LogP contribution < -0.4 is 5.56 Å². The van der Waals surface area contributed by atoms with E-state index in [1.54, 1.807) is 40.2 Å². The van der Waals surface area contributed by atoms with Gasteiger partial charge >= 0.3 is 0 Å². The molecule has 1 amide bonds. The van der Waals surface area contributed by atoms with Crippen molar-refractivity contribution in [1.29, 1.82) is 0 Å². The zero-order chi connectivity index (χ0) is 18.8. The Balaban J connectivity index is 1.33. The summed E-state index contributed by atoms with van der Waals surface area (Å²) in [5, 5.41) is 4.79. The van der Waals surface area contributed by atoms with Gasteiger partial charge in [0, 0.05) is 61.8 Å². The molecular weight excluding hydrogens is 382 g/mol. The monoisotopic (exact) mass is 401 g/mol. The Morgan fingerprint density at radius 1 is 1.22 bits per heavy atom. The summed E-state index contributed by atoms with van der Waals surface area (Å²) in [5.41, 5.74) is 1.55. The number of fused-ring (bicyclic) bond motifs is 1. The van der Waals surface area contributed by atoms with Crippen LogP contribution in [-0.4, -0.2) is 56.3 Å². The van der Waals surface area contributed by atoms with Gasteiger partial charge in [0.05, 0.1) is 16.4 Å². The molecule has 3 aromatic rings. The topological polar surface area (TPSA) is 70.8 Å². The predicted octanol–water partition coefficient (Wildman–Crippen LogP) is 1.88. The second-order valence-corrected chi connectivity index (χ2v) is 8.30. The van der Waals surface area contributed by atoms with Crippen LogP contribution in [0.3, 0.4) is 0 Å². The summed E-state index contributed by atoms with van der Waals surface area (Å²) >= 11 is 3.03. The summed E-state index contributed by atoms with van der Waals surface area (Å²) in [7, 11) is 0. The number of aromatic nitrogens is 3. The lowest BCUT2D eigenvalue weighted by Crippen LogP contribution is -2.48. The Morgan fingerprint density at radius 2 is 2.04 bits per heavy atom. The van der Waals surface area contributed by atoms with Gasteiger partial charge in [0.25, 0.3) is 5.56 Å². The largest absolute Gasteiger partial charge is 0.337 e. The molecule has 4 rings (SSSR count). The molecule has 0 spiro atoms. The van der Waals surface area contributed by atoms with E-state index in [0.717, 1.165) is 29.5 Å². The summed E-state index contributed by atoms with van der Waals surface area (Å²) in [6.07, 6.45) is 5.10. The quantitative estimate of drug-likeness (QED) is 0.625. The molecular formula is C18H19N5O2S2. The average molecular weight is 402 g/mol. The van der Waals surface area contributed by atoms with E-state index in [2.05, 4.69) is 14.9 Å². The van der Waals surface area contributed by atoms with Crippen LogP contribution in [0.25, 0.3) is 11.0 Å². The molecule has 0 atom stereocenters. The lowest BCUT2D eigenvalue weighted by Gasteiger charge is -2.33. The van der Waals surface area contributed by atoms with Gasteiger partial charge in [0.1, 0.15) is 0 Å². The van der Waals surface area contributed by atoms with E-state index in [1.165, 1.54) is 11.3 Å². The van der Waals surface area contributed by atoms with E-state index in [9.17, 15) is 9.59 Å². The highest BCUT2D eigenvalue weighted by atomic mass is 32.1. The fourth-order valence-corrected chi connectivity index (χ4v) is 4.36. The van der Waals surface area contributed by atoms with Crippen molar-refractivity contribution in [3.63, 3.8) is 0 Å². The van der Waals surface area contributed by atoms with Gasteiger partial charge in [-0.25, -0.2) is 9.97 Å². The number of amides is 1. The third kappa shape index (κ3) is 4.15. The smallest absolute Gasteiger partial charge is 0.258 e. The standard InChI is InChI=1S/C18H19N5O2S2/c1-13-19-14(12-27-13)2-3-16(24)22-6-4-21(5-7-22)11-15-10-17(25)23-8-9-26-18(23)20-15/h2-3,8-10,12H,4-7,11H2,1H3. The summed E-state index contributed by atoms with van der Waals surface area (Å²) in [6.45, 7) is 5.43. The SMILES string of the molecule is Cc1nc(C=CC(=O)N2CCN(Cc3cc(=O)n4ccsc4n3)CC2)cs1. The molecule has 9 heteroatoms. The number of hydrogen-bond acceptors (Lipinski definition) is 7. The third-order valence-corrected chi connectivity index (χ3v) is 6.01. The highest BCUT2D eigenvalue weighted by Gasteiger charge is 2.20. The van der Waals surface area contributed by atoms with Crippen LogP contribution in [0.1, 0.15) is 16.4 Å². The van der Waals surface area contributed by atoms with Crippen molar-refractivity contribution >= 4 is 39.6 Å². The van der Waals surface area contributed by atoms with Crippen LogP contribution in [0.15, 0.2) is 33.9 Å². The number of nitrogens with zero attached hydrogens (tertiary/aromatic N) is 5. The van der Waals surface area contributed by atoms with E-state index >= 15 is 0 Å². The summed E-state index contributed by atoms with van der Waals surface area (Å²) in [4.78, 5) is 38.1. The Hall–Kier alpha value is -2.36. The van der Waals surface area contributed by atoms with Crippen molar-refractivity contribution in [2.45, 2.75) is 13.5 Å². The van der Waals surface area contributed by atoms with Gasteiger partial charge in [-0.15, -0.1) is 22.7 Å². The van der Waals surface area contributed by atoms with E-state index in [0.29, 0.717) is 24.6 Å². The highest BCUT2D eigenvalue weighted by molar-refractivity contribution is 7.15. The van der Waals surface area contributed by atoms with Gasteiger partial charge in [0.15, 0.2) is 4.96 Å². The van der Waals surface area contributed by atoms with Gasteiger partial charge < -0.3 is 4.90 Å². The van der Waals surface area contributed by atoms with E-state index < -0.39 is 0 Å². The normalized spacial score (nSPS) is 15.8. The van der Waals surface area contributed by atoms with Crippen molar-refractivity contribution in [2.24, 2.45) is 0 Å². The van der Waals surface area contributed by atoms with Gasteiger partial charge in [-0.05, 0) is 13.0 Å². The second-order valence-electron chi connectivity index (χ2n) is 6.37. The summed E-state index contributed by atoms with van der Waals surface area (Å²) in [5.74, 6) is 0.0108. The lowest BCUT2D eigenvalue weighted by atomic mass is 10.2. The second kappa shape index (κ2) is 7.71. The Bertz CT molecular complexity index is 1040. The number of rotatable bonds is 4. The maximum atomic E-state index is 12.3. The molecule has 0 aliphatic carbocycles. The molecule has 140 valence electrons. The van der Waals surface area contributed by atoms with Gasteiger partial charge in [-0.2, -0.15) is 0 Å². The van der Waals surface area contributed by atoms with Crippen LogP contribution in [-0.2, 0) is 11.3 Å². The first-order valence-corrected chi connectivity index (χ1v) is 10.4. The molecule has 0 bridgehead atoms. The van der Waals surface area contributed by atoms with Gasteiger partial charge in [-0.1, -0.05) is 0 Å². The van der Waals surface area contributed by atoms with Crippen LogP contribution in [0.4, 0.5) is 0 Å². The molecule has 1 aliphatic rings. The number of hydrogen-bond donors (Lipinski definition) is 0. The highest BCUT2D eigenvalue weighted by Crippen LogP contribution is 2.12. The fourth-order valence-electron chi connectivity index (χ4n) is 3.04. The van der Waals surface area contributed by atoms with Crippen molar-refractivity contribution in [3.05, 3.63) is 55.8 Å². The molecule has 0 unspecified atom stereocenters. The van der Waals surface area contributed by atoms with Crippen molar-refractivity contribution < 1.29 is 4.79 Å². The first kappa shape index (κ1) is 18.0. The third-order valence-electron chi connectivity index (χ3n) is 4.46. The fraction of sp³-hybridized carbons (Fsp3) is 0.333. The Morgan fingerprint density at radius 3 is 2.78 bits per heavy atom. The minimum Gasteiger partial charge on any atom is -0.337 e. The van der Waals surface area contributed by atoms with Crippen molar-refractivity contribution in [2.75, 3.05) is 26.2 Å². The summed E-state index contributed by atoms with van der Waals surface area (Å²) in [6, 6.07) is 1.59. The van der Waals surface area contributed by atoms with Crippen LogP contribution in [0, 0.1) is 6.92 Å². The van der Waals surface area contributed by atoms with Gasteiger partial charge in [-0.3, -0.25) is 18.9 Å². The molecule has 1 saturated heterocycles. The molecule has 1 fully saturated rings. The molecule has 0 radical (unpaired) electrons. The van der Waals surface area contributed by atoms with Crippen LogP contribution >= 0.6 is 22.7 Å². The van der Waals surface area contributed by atoms with Gasteiger partial charge in [0.2, 0.25) is 5.91 Å². The maximum absolute atomic E-state index is 12.3. The number of carbonyl (C=O) groups is 1. The number of aryl methyl sites for hydroxylation is 1.